The average molecular weight is 276 g/mol. The molecule has 4 nitrogen and oxygen atoms in total. The summed E-state index contributed by atoms with van der Waals surface area (Å²) in [7, 11) is 1.39. The number of para-hydroxylation sites is 1. The van der Waals surface area contributed by atoms with Crippen molar-refractivity contribution in [2.75, 3.05) is 7.11 Å². The van der Waals surface area contributed by atoms with Crippen LogP contribution in [0, 0.1) is 5.82 Å². The van der Waals surface area contributed by atoms with Crippen molar-refractivity contribution in [2.24, 2.45) is 0 Å². The summed E-state index contributed by atoms with van der Waals surface area (Å²) in [4.78, 5) is 11.0. The molecule has 20 heavy (non-hydrogen) atoms. The first kappa shape index (κ1) is 13.9. The molecule has 0 aliphatic rings. The van der Waals surface area contributed by atoms with E-state index in [1.54, 1.807) is 24.3 Å². The highest BCUT2D eigenvalue weighted by Gasteiger charge is 2.10. The van der Waals surface area contributed by atoms with Crippen molar-refractivity contribution in [2.45, 2.75) is 6.61 Å². The van der Waals surface area contributed by atoms with Crippen LogP contribution in [0.1, 0.15) is 15.9 Å². The van der Waals surface area contributed by atoms with Crippen LogP contribution in [-0.2, 0) is 6.61 Å². The first-order valence-corrected chi connectivity index (χ1v) is 5.89. The summed E-state index contributed by atoms with van der Waals surface area (Å²) in [5.74, 6) is -1.16. The molecule has 1 N–H and O–H groups in total. The molecule has 0 heterocycles. The lowest BCUT2D eigenvalue weighted by Gasteiger charge is -2.10. The van der Waals surface area contributed by atoms with Gasteiger partial charge in [-0.15, -0.1) is 0 Å². The van der Waals surface area contributed by atoms with Crippen molar-refractivity contribution in [1.29, 1.82) is 0 Å². The molecule has 0 atom stereocenters. The number of hydrogen-bond acceptors (Lipinski definition) is 3. The Balaban J connectivity index is 2.13. The van der Waals surface area contributed by atoms with Gasteiger partial charge in [-0.3, -0.25) is 0 Å². The van der Waals surface area contributed by atoms with Crippen molar-refractivity contribution in [3.63, 3.8) is 0 Å². The SMILES string of the molecule is COc1ccc(COc2ccccc2C(=O)O)cc1F. The molecule has 5 heteroatoms. The smallest absolute Gasteiger partial charge is 0.339 e. The largest absolute Gasteiger partial charge is 0.494 e. The summed E-state index contributed by atoms with van der Waals surface area (Å²) >= 11 is 0. The predicted octanol–water partition coefficient (Wildman–Crippen LogP) is 3.11. The van der Waals surface area contributed by atoms with Gasteiger partial charge in [0.25, 0.3) is 0 Å². The summed E-state index contributed by atoms with van der Waals surface area (Å²) in [6.07, 6.45) is 0. The number of aromatic carboxylic acids is 1. The predicted molar refractivity (Wildman–Crippen MR) is 70.7 cm³/mol. The van der Waals surface area contributed by atoms with Gasteiger partial charge in [0.05, 0.1) is 7.11 Å². The van der Waals surface area contributed by atoms with Gasteiger partial charge >= 0.3 is 5.97 Å². The lowest BCUT2D eigenvalue weighted by molar-refractivity contribution is 0.0691. The van der Waals surface area contributed by atoms with Crippen molar-refractivity contribution in [1.82, 2.24) is 0 Å². The van der Waals surface area contributed by atoms with E-state index in [0.717, 1.165) is 0 Å². The Morgan fingerprint density at radius 3 is 2.60 bits per heavy atom. The van der Waals surface area contributed by atoms with Crippen LogP contribution in [0.5, 0.6) is 11.5 Å². The van der Waals surface area contributed by atoms with Gasteiger partial charge in [0, 0.05) is 0 Å². The number of carboxylic acids is 1. The van der Waals surface area contributed by atoms with Crippen LogP contribution in [0.2, 0.25) is 0 Å². The second-order valence-corrected chi connectivity index (χ2v) is 4.06. The van der Waals surface area contributed by atoms with E-state index >= 15 is 0 Å². The molecule has 0 radical (unpaired) electrons. The maximum atomic E-state index is 13.5. The normalized spacial score (nSPS) is 10.1. The minimum atomic E-state index is -1.07. The van der Waals surface area contributed by atoms with Crippen LogP contribution in [-0.4, -0.2) is 18.2 Å². The van der Waals surface area contributed by atoms with Crippen molar-refractivity contribution in [3.05, 3.63) is 59.4 Å². The molecule has 0 fully saturated rings. The topological polar surface area (TPSA) is 55.8 Å². The highest BCUT2D eigenvalue weighted by Crippen LogP contribution is 2.21. The standard InChI is InChI=1S/C15H13FO4/c1-19-14-7-6-10(8-12(14)16)9-20-13-5-3-2-4-11(13)15(17)18/h2-8H,9H2,1H3,(H,17,18). The first-order valence-electron chi connectivity index (χ1n) is 5.89. The van der Waals surface area contributed by atoms with Crippen LogP contribution in [0.25, 0.3) is 0 Å². The molecule has 0 bridgehead atoms. The van der Waals surface area contributed by atoms with E-state index in [1.165, 1.54) is 25.3 Å². The summed E-state index contributed by atoms with van der Waals surface area (Å²) in [5.41, 5.74) is 0.657. The molecule has 2 aromatic rings. The highest BCUT2D eigenvalue weighted by molar-refractivity contribution is 5.90. The van der Waals surface area contributed by atoms with Crippen molar-refractivity contribution in [3.8, 4) is 11.5 Å². The number of carboxylic acid groups (broad SMARTS) is 1. The number of ether oxygens (including phenoxy) is 2. The van der Waals surface area contributed by atoms with Gasteiger partial charge in [0.2, 0.25) is 0 Å². The van der Waals surface area contributed by atoms with Crippen LogP contribution in [0.3, 0.4) is 0 Å². The summed E-state index contributed by atoms with van der Waals surface area (Å²) < 4.78 is 23.8. The van der Waals surface area contributed by atoms with E-state index in [1.807, 2.05) is 0 Å². The van der Waals surface area contributed by atoms with E-state index < -0.39 is 11.8 Å². The third kappa shape index (κ3) is 3.06. The van der Waals surface area contributed by atoms with Gasteiger partial charge in [0.1, 0.15) is 17.9 Å². The first-order chi connectivity index (χ1) is 9.61. The monoisotopic (exact) mass is 276 g/mol. The second-order valence-electron chi connectivity index (χ2n) is 4.06. The van der Waals surface area contributed by atoms with Crippen molar-refractivity contribution >= 4 is 5.97 Å². The zero-order valence-corrected chi connectivity index (χ0v) is 10.8. The maximum Gasteiger partial charge on any atom is 0.339 e. The van der Waals surface area contributed by atoms with Crippen LogP contribution in [0.4, 0.5) is 4.39 Å². The molecule has 0 aromatic heterocycles. The molecule has 0 saturated carbocycles. The summed E-state index contributed by atoms with van der Waals surface area (Å²) in [6.45, 7) is 0.0746. The molecule has 2 aromatic carbocycles. The molecule has 0 aliphatic heterocycles. The Morgan fingerprint density at radius 2 is 1.95 bits per heavy atom. The Hall–Kier alpha value is -2.56. The number of carbonyl (C=O) groups is 1. The molecule has 0 spiro atoms. The fourth-order valence-electron chi connectivity index (χ4n) is 1.73. The zero-order chi connectivity index (χ0) is 14.5. The average Bonchev–Trinajstić information content (AvgIpc) is 2.45. The van der Waals surface area contributed by atoms with Gasteiger partial charge in [0.15, 0.2) is 11.6 Å². The van der Waals surface area contributed by atoms with Crippen LogP contribution in [0.15, 0.2) is 42.5 Å². The summed E-state index contributed by atoms with van der Waals surface area (Å²) in [6, 6.07) is 10.7. The highest BCUT2D eigenvalue weighted by atomic mass is 19.1. The van der Waals surface area contributed by atoms with E-state index in [-0.39, 0.29) is 23.7 Å². The van der Waals surface area contributed by atoms with Gasteiger partial charge in [-0.05, 0) is 29.8 Å². The zero-order valence-electron chi connectivity index (χ0n) is 10.8. The fraction of sp³-hybridized carbons (Fsp3) is 0.133. The Kier molecular flexibility index (Phi) is 4.20. The van der Waals surface area contributed by atoms with E-state index in [9.17, 15) is 9.18 Å². The molecule has 0 amide bonds. The number of rotatable bonds is 5. The van der Waals surface area contributed by atoms with E-state index in [4.69, 9.17) is 14.6 Å². The van der Waals surface area contributed by atoms with Gasteiger partial charge < -0.3 is 14.6 Å². The third-order valence-electron chi connectivity index (χ3n) is 2.73. The number of benzene rings is 2. The number of halogens is 1. The van der Waals surface area contributed by atoms with E-state index in [2.05, 4.69) is 0 Å². The Morgan fingerprint density at radius 1 is 1.20 bits per heavy atom. The fourth-order valence-corrected chi connectivity index (χ4v) is 1.73. The molecule has 0 saturated heterocycles. The number of methoxy groups -OCH3 is 1. The lowest BCUT2D eigenvalue weighted by atomic mass is 10.2. The lowest BCUT2D eigenvalue weighted by Crippen LogP contribution is -2.03. The molecular weight excluding hydrogens is 263 g/mol. The van der Waals surface area contributed by atoms with Crippen LogP contribution < -0.4 is 9.47 Å². The van der Waals surface area contributed by atoms with Gasteiger partial charge in [-0.2, -0.15) is 0 Å². The minimum Gasteiger partial charge on any atom is -0.494 e. The van der Waals surface area contributed by atoms with Gasteiger partial charge in [-0.25, -0.2) is 9.18 Å². The van der Waals surface area contributed by atoms with Crippen molar-refractivity contribution < 1.29 is 23.8 Å². The molecular formula is C15H13FO4. The molecule has 104 valence electrons. The Labute approximate surface area is 115 Å². The van der Waals surface area contributed by atoms with E-state index in [0.29, 0.717) is 5.56 Å². The Bertz CT molecular complexity index is 625. The van der Waals surface area contributed by atoms with Gasteiger partial charge in [-0.1, -0.05) is 18.2 Å². The number of hydrogen-bond donors (Lipinski definition) is 1. The molecule has 0 aliphatic carbocycles. The third-order valence-corrected chi connectivity index (χ3v) is 2.73. The summed E-state index contributed by atoms with van der Waals surface area (Å²) in [5, 5.41) is 9.02. The molecule has 2 rings (SSSR count). The second kappa shape index (κ2) is 6.06. The maximum absolute atomic E-state index is 13.5. The quantitative estimate of drug-likeness (QED) is 0.911. The molecule has 0 unspecified atom stereocenters. The van der Waals surface area contributed by atoms with Crippen LogP contribution >= 0.6 is 0 Å². The minimum absolute atomic E-state index is 0.0708.